The van der Waals surface area contributed by atoms with Crippen molar-refractivity contribution in [1.29, 1.82) is 0 Å². The molecule has 0 aliphatic rings. The molecule has 0 fully saturated rings. The summed E-state index contributed by atoms with van der Waals surface area (Å²) in [6, 6.07) is 84.2. The summed E-state index contributed by atoms with van der Waals surface area (Å²) in [6.07, 6.45) is 2.24. The predicted molar refractivity (Wildman–Crippen MR) is 296 cm³/mol. The molecule has 4 aromatic heterocycles. The summed E-state index contributed by atoms with van der Waals surface area (Å²) in [6.45, 7) is 4.00. The van der Waals surface area contributed by atoms with Gasteiger partial charge in [0.2, 0.25) is 0 Å². The summed E-state index contributed by atoms with van der Waals surface area (Å²) in [5.41, 5.74) is 14.3. The summed E-state index contributed by atoms with van der Waals surface area (Å²) in [5.74, 6) is 1.91. The minimum Gasteiger partial charge on any atom is -0.316 e. The van der Waals surface area contributed by atoms with Crippen LogP contribution in [0.3, 0.4) is 0 Å². The van der Waals surface area contributed by atoms with E-state index in [0.29, 0.717) is 17.5 Å². The Bertz CT molecular complexity index is 4220. The third kappa shape index (κ3) is 6.99. The normalized spacial score (nSPS) is 11.5. The van der Waals surface area contributed by atoms with E-state index in [0.717, 1.165) is 50.3 Å². The second kappa shape index (κ2) is 17.3. The molecule has 0 bridgehead atoms. The third-order valence-corrected chi connectivity index (χ3v) is 13.7. The average Bonchev–Trinajstić information content (AvgIpc) is 4.15. The lowest BCUT2D eigenvalue weighted by atomic mass is 10.0. The predicted octanol–water partition coefficient (Wildman–Crippen LogP) is 16.9. The molecule has 4 heterocycles. The van der Waals surface area contributed by atoms with Gasteiger partial charge in [-0.2, -0.15) is 0 Å². The van der Waals surface area contributed by atoms with Gasteiger partial charge in [0.25, 0.3) is 0 Å². The molecule has 336 valence electrons. The van der Waals surface area contributed by atoms with Gasteiger partial charge in [-0.25, -0.2) is 15.0 Å². The van der Waals surface area contributed by atoms with Crippen LogP contribution in [0.5, 0.6) is 0 Å². The molecule has 0 radical (unpaired) electrons. The first-order valence-corrected chi connectivity index (χ1v) is 24.3. The molecule has 14 rings (SSSR count). The highest BCUT2D eigenvalue weighted by Crippen LogP contribution is 2.42. The van der Waals surface area contributed by atoms with Crippen molar-refractivity contribution < 1.29 is 0 Å². The van der Waals surface area contributed by atoms with E-state index in [4.69, 9.17) is 15.0 Å². The first kappa shape index (κ1) is 41.8. The quantitative estimate of drug-likeness (QED) is 0.160. The molecule has 0 unspecified atom stereocenters. The molecule has 6 heteroatoms. The van der Waals surface area contributed by atoms with Crippen LogP contribution in [0.25, 0.3) is 128 Å². The number of rotatable bonds is 7. The van der Waals surface area contributed by atoms with E-state index >= 15 is 0 Å². The lowest BCUT2D eigenvalue weighted by molar-refractivity contribution is 1.07. The fourth-order valence-corrected chi connectivity index (χ4v) is 10.5. The van der Waals surface area contributed by atoms with Gasteiger partial charge >= 0.3 is 0 Å². The van der Waals surface area contributed by atoms with Crippen molar-refractivity contribution in [3.05, 3.63) is 243 Å². The number of benzene rings is 10. The van der Waals surface area contributed by atoms with Crippen molar-refractivity contribution in [3.63, 3.8) is 0 Å². The van der Waals surface area contributed by atoms with Crippen LogP contribution in [0.2, 0.25) is 0 Å². The third-order valence-electron chi connectivity index (χ3n) is 13.7. The van der Waals surface area contributed by atoms with Gasteiger partial charge in [0.05, 0.1) is 27.6 Å². The number of fused-ring (bicyclic) bond motifs is 10. The number of hydrogen-bond donors (Lipinski definition) is 0. The van der Waals surface area contributed by atoms with Gasteiger partial charge in [-0.15, -0.1) is 0 Å². The Morgan fingerprint density at radius 3 is 1.48 bits per heavy atom. The lowest BCUT2D eigenvalue weighted by Gasteiger charge is -2.12. The van der Waals surface area contributed by atoms with Crippen molar-refractivity contribution in [3.8, 4) is 62.4 Å². The fourth-order valence-electron chi connectivity index (χ4n) is 10.5. The molecular formula is C65H46N6. The summed E-state index contributed by atoms with van der Waals surface area (Å²) >= 11 is 0. The van der Waals surface area contributed by atoms with E-state index in [1.54, 1.807) is 0 Å². The second-order valence-electron chi connectivity index (χ2n) is 17.6. The highest BCUT2D eigenvalue weighted by molar-refractivity contribution is 6.28. The SMILES string of the molecule is CC.c1ccc(-c2cccc(-n3c4ccc5ccccc5c4c4c5ccn(-c6ccc7c8ccccc8n(-c8ccc(-c9nc(-c%10ccccc%10)nc(-c%10ccccc%10)n9)cc8)c7c6)c5ccc43)c2)cc1. The van der Waals surface area contributed by atoms with Crippen LogP contribution in [0.4, 0.5) is 0 Å². The molecule has 0 saturated carbocycles. The zero-order chi connectivity index (χ0) is 47.4. The molecule has 0 N–H and O–H groups in total. The molecule has 14 aromatic rings. The Morgan fingerprint density at radius 1 is 0.282 bits per heavy atom. The van der Waals surface area contributed by atoms with E-state index in [2.05, 4.69) is 196 Å². The van der Waals surface area contributed by atoms with E-state index in [9.17, 15) is 0 Å². The van der Waals surface area contributed by atoms with Crippen LogP contribution in [-0.4, -0.2) is 28.7 Å². The summed E-state index contributed by atoms with van der Waals surface area (Å²) in [7, 11) is 0. The second-order valence-corrected chi connectivity index (χ2v) is 17.6. The van der Waals surface area contributed by atoms with E-state index in [1.807, 2.05) is 74.5 Å². The maximum Gasteiger partial charge on any atom is 0.164 e. The number of nitrogens with zero attached hydrogens (tertiary/aromatic N) is 6. The molecular weight excluding hydrogens is 865 g/mol. The molecule has 10 aromatic carbocycles. The maximum absolute atomic E-state index is 5.01. The molecule has 0 atom stereocenters. The molecule has 71 heavy (non-hydrogen) atoms. The van der Waals surface area contributed by atoms with E-state index in [1.165, 1.54) is 59.9 Å². The van der Waals surface area contributed by atoms with Gasteiger partial charge in [-0.05, 0) is 101 Å². The van der Waals surface area contributed by atoms with Gasteiger partial charge in [0.1, 0.15) is 0 Å². The van der Waals surface area contributed by atoms with Gasteiger partial charge in [-0.1, -0.05) is 172 Å². The Balaban J connectivity index is 0.00000243. The maximum atomic E-state index is 5.01. The number of hydrogen-bond acceptors (Lipinski definition) is 3. The monoisotopic (exact) mass is 910 g/mol. The topological polar surface area (TPSA) is 53.5 Å². The van der Waals surface area contributed by atoms with Crippen molar-refractivity contribution in [2.75, 3.05) is 0 Å². The first-order chi connectivity index (χ1) is 35.2. The zero-order valence-corrected chi connectivity index (χ0v) is 39.3. The minimum absolute atomic E-state index is 0.629. The Morgan fingerprint density at radius 2 is 0.789 bits per heavy atom. The first-order valence-electron chi connectivity index (χ1n) is 24.3. The fraction of sp³-hybridized carbons (Fsp3) is 0.0308. The highest BCUT2D eigenvalue weighted by Gasteiger charge is 2.21. The van der Waals surface area contributed by atoms with E-state index in [-0.39, 0.29) is 0 Å². The molecule has 6 nitrogen and oxygen atoms in total. The highest BCUT2D eigenvalue weighted by atomic mass is 15.0. The number of aromatic nitrogens is 6. The van der Waals surface area contributed by atoms with Crippen LogP contribution >= 0.6 is 0 Å². The standard InChI is InChI=1S/C63H40N6.C2H6/c1-4-15-41(16-5-1)46-22-14-23-49(39-46)69-56-34-29-42-17-10-11-24-50(42)59(56)60-53-37-38-67(54(53)35-36-57(60)69)48-32-33-52-51-25-12-13-26-55(51)68(58(52)40-48)47-30-27-45(28-31-47)63-65-61(43-18-6-2-7-19-43)64-62(66-63)44-20-8-3-9-21-44;1-2/h1-40H;1-2H3. The molecule has 0 aliphatic heterocycles. The molecule has 0 spiro atoms. The summed E-state index contributed by atoms with van der Waals surface area (Å²) in [4.78, 5) is 14.9. The molecule has 0 amide bonds. The van der Waals surface area contributed by atoms with Crippen LogP contribution < -0.4 is 0 Å². The van der Waals surface area contributed by atoms with Crippen molar-refractivity contribution >= 4 is 65.3 Å². The van der Waals surface area contributed by atoms with Crippen molar-refractivity contribution in [1.82, 2.24) is 28.7 Å². The Labute approximate surface area is 411 Å². The largest absolute Gasteiger partial charge is 0.316 e. The van der Waals surface area contributed by atoms with Crippen LogP contribution in [0, 0.1) is 0 Å². The van der Waals surface area contributed by atoms with Crippen LogP contribution in [-0.2, 0) is 0 Å². The summed E-state index contributed by atoms with van der Waals surface area (Å²) in [5, 5.41) is 8.61. The smallest absolute Gasteiger partial charge is 0.164 e. The van der Waals surface area contributed by atoms with Crippen LogP contribution in [0.1, 0.15) is 13.8 Å². The Kier molecular flexibility index (Phi) is 10.2. The summed E-state index contributed by atoms with van der Waals surface area (Å²) < 4.78 is 7.17. The van der Waals surface area contributed by atoms with Gasteiger partial charge in [0, 0.05) is 66.9 Å². The van der Waals surface area contributed by atoms with Crippen molar-refractivity contribution in [2.45, 2.75) is 13.8 Å². The zero-order valence-electron chi connectivity index (χ0n) is 39.3. The van der Waals surface area contributed by atoms with Crippen molar-refractivity contribution in [2.24, 2.45) is 0 Å². The van der Waals surface area contributed by atoms with Gasteiger partial charge in [0.15, 0.2) is 17.5 Å². The minimum atomic E-state index is 0.629. The molecule has 0 aliphatic carbocycles. The van der Waals surface area contributed by atoms with E-state index < -0.39 is 0 Å². The number of para-hydroxylation sites is 1. The lowest BCUT2D eigenvalue weighted by Crippen LogP contribution is -2.00. The Hall–Kier alpha value is -9.39. The molecule has 0 saturated heterocycles. The average molecular weight is 911 g/mol. The van der Waals surface area contributed by atoms with Crippen LogP contribution in [0.15, 0.2) is 243 Å². The van der Waals surface area contributed by atoms with Gasteiger partial charge < -0.3 is 13.7 Å². The van der Waals surface area contributed by atoms with Gasteiger partial charge in [-0.3, -0.25) is 0 Å².